The zero-order valence-corrected chi connectivity index (χ0v) is 12.7. The Balaban J connectivity index is 1.92. The van der Waals surface area contributed by atoms with Crippen LogP contribution in [0, 0.1) is 0 Å². The molecule has 0 aliphatic heterocycles. The van der Waals surface area contributed by atoms with Crippen LogP contribution in [0.4, 0.5) is 0 Å². The first-order chi connectivity index (χ1) is 10.3. The Morgan fingerprint density at radius 2 is 1.81 bits per heavy atom. The summed E-state index contributed by atoms with van der Waals surface area (Å²) in [6.07, 6.45) is 4.13. The highest BCUT2D eigenvalue weighted by molar-refractivity contribution is 6.31. The molecule has 2 aromatic carbocycles. The van der Waals surface area contributed by atoms with Crippen molar-refractivity contribution in [3.8, 4) is 0 Å². The summed E-state index contributed by atoms with van der Waals surface area (Å²) in [7, 11) is 0. The molecular formula is C18H19ClN2. The number of nitrogens with two attached hydrogens (primary N) is 1. The smallest absolute Gasteiger partial charge is 0.0498 e. The molecule has 3 aromatic rings. The van der Waals surface area contributed by atoms with Gasteiger partial charge < -0.3 is 10.3 Å². The number of hydrogen-bond acceptors (Lipinski definition) is 1. The molecule has 0 aliphatic carbocycles. The van der Waals surface area contributed by atoms with E-state index in [9.17, 15) is 0 Å². The fraction of sp³-hybridized carbons (Fsp3) is 0.222. The van der Waals surface area contributed by atoms with E-state index in [1.54, 1.807) is 0 Å². The van der Waals surface area contributed by atoms with Gasteiger partial charge in [0.1, 0.15) is 0 Å². The lowest BCUT2D eigenvalue weighted by Crippen LogP contribution is -2.02. The first kappa shape index (κ1) is 14.2. The minimum atomic E-state index is 0.667. The van der Waals surface area contributed by atoms with Crippen LogP contribution in [0.3, 0.4) is 0 Å². The van der Waals surface area contributed by atoms with Crippen LogP contribution in [0.25, 0.3) is 10.9 Å². The molecule has 0 unspecified atom stereocenters. The molecule has 21 heavy (non-hydrogen) atoms. The van der Waals surface area contributed by atoms with Crippen molar-refractivity contribution in [2.75, 3.05) is 6.54 Å². The van der Waals surface area contributed by atoms with Crippen molar-refractivity contribution in [2.45, 2.75) is 19.4 Å². The fourth-order valence-corrected chi connectivity index (χ4v) is 2.94. The van der Waals surface area contributed by atoms with Crippen LogP contribution in [0.2, 0.25) is 5.02 Å². The van der Waals surface area contributed by atoms with Gasteiger partial charge in [-0.2, -0.15) is 0 Å². The maximum atomic E-state index is 6.16. The SMILES string of the molecule is NCCc1cn(CCc2ccccc2)c2cc(Cl)ccc12. The minimum Gasteiger partial charge on any atom is -0.347 e. The van der Waals surface area contributed by atoms with E-state index in [-0.39, 0.29) is 0 Å². The van der Waals surface area contributed by atoms with Crippen molar-refractivity contribution in [1.82, 2.24) is 4.57 Å². The average molecular weight is 299 g/mol. The number of rotatable bonds is 5. The summed E-state index contributed by atoms with van der Waals surface area (Å²) in [6.45, 7) is 1.62. The lowest BCUT2D eigenvalue weighted by molar-refractivity contribution is 0.719. The van der Waals surface area contributed by atoms with E-state index in [0.717, 1.165) is 24.4 Å². The zero-order valence-electron chi connectivity index (χ0n) is 11.9. The van der Waals surface area contributed by atoms with Gasteiger partial charge in [0.15, 0.2) is 0 Å². The van der Waals surface area contributed by atoms with Crippen molar-refractivity contribution in [1.29, 1.82) is 0 Å². The predicted octanol–water partition coefficient (Wildman–Crippen LogP) is 4.04. The van der Waals surface area contributed by atoms with Crippen LogP contribution in [-0.2, 0) is 19.4 Å². The van der Waals surface area contributed by atoms with Crippen LogP contribution >= 0.6 is 11.6 Å². The number of benzene rings is 2. The standard InChI is InChI=1S/C18H19ClN2/c19-16-6-7-17-15(8-10-20)13-21(18(17)12-16)11-9-14-4-2-1-3-5-14/h1-7,12-13H,8-11,20H2. The molecule has 0 amide bonds. The summed E-state index contributed by atoms with van der Waals surface area (Å²) in [4.78, 5) is 0. The maximum Gasteiger partial charge on any atom is 0.0498 e. The molecule has 0 fully saturated rings. The molecule has 3 heteroatoms. The second-order valence-electron chi connectivity index (χ2n) is 5.28. The normalized spacial score (nSPS) is 11.1. The van der Waals surface area contributed by atoms with Gasteiger partial charge in [0.2, 0.25) is 0 Å². The molecule has 1 heterocycles. The number of aromatic nitrogens is 1. The van der Waals surface area contributed by atoms with Gasteiger partial charge in [0.05, 0.1) is 0 Å². The summed E-state index contributed by atoms with van der Waals surface area (Å²) in [5, 5.41) is 2.04. The maximum absolute atomic E-state index is 6.16. The summed E-state index contributed by atoms with van der Waals surface area (Å²) in [5.74, 6) is 0. The van der Waals surface area contributed by atoms with Gasteiger partial charge in [-0.25, -0.2) is 0 Å². The van der Waals surface area contributed by atoms with E-state index in [2.05, 4.69) is 41.1 Å². The van der Waals surface area contributed by atoms with E-state index in [4.69, 9.17) is 17.3 Å². The highest BCUT2D eigenvalue weighted by Gasteiger charge is 2.08. The average Bonchev–Trinajstić information content (AvgIpc) is 2.84. The van der Waals surface area contributed by atoms with Crippen LogP contribution in [0.1, 0.15) is 11.1 Å². The van der Waals surface area contributed by atoms with Gasteiger partial charge in [-0.3, -0.25) is 0 Å². The van der Waals surface area contributed by atoms with Gasteiger partial charge in [-0.05, 0) is 42.6 Å². The Bertz CT molecular complexity index is 732. The Kier molecular flexibility index (Phi) is 4.28. The summed E-state index contributed by atoms with van der Waals surface area (Å²) in [6, 6.07) is 16.6. The molecule has 108 valence electrons. The summed E-state index contributed by atoms with van der Waals surface area (Å²) in [5.41, 5.74) is 9.57. The van der Waals surface area contributed by atoms with E-state index in [0.29, 0.717) is 6.54 Å². The van der Waals surface area contributed by atoms with E-state index in [1.807, 2.05) is 18.2 Å². The monoisotopic (exact) mass is 298 g/mol. The lowest BCUT2D eigenvalue weighted by Gasteiger charge is -2.06. The molecule has 2 N–H and O–H groups in total. The number of fused-ring (bicyclic) bond motifs is 1. The third-order valence-corrected chi connectivity index (χ3v) is 4.06. The summed E-state index contributed by atoms with van der Waals surface area (Å²) < 4.78 is 2.29. The van der Waals surface area contributed by atoms with Crippen molar-refractivity contribution in [3.63, 3.8) is 0 Å². The molecular weight excluding hydrogens is 280 g/mol. The van der Waals surface area contributed by atoms with Crippen molar-refractivity contribution in [2.24, 2.45) is 5.73 Å². The minimum absolute atomic E-state index is 0.667. The van der Waals surface area contributed by atoms with Crippen molar-refractivity contribution >= 4 is 22.5 Å². The molecule has 0 radical (unpaired) electrons. The van der Waals surface area contributed by atoms with Crippen molar-refractivity contribution < 1.29 is 0 Å². The molecule has 0 bridgehead atoms. The molecule has 0 aliphatic rings. The van der Waals surface area contributed by atoms with Gasteiger partial charge in [0, 0.05) is 28.7 Å². The summed E-state index contributed by atoms with van der Waals surface area (Å²) >= 11 is 6.16. The molecule has 0 saturated carbocycles. The van der Waals surface area contributed by atoms with Crippen LogP contribution in [0.15, 0.2) is 54.7 Å². The number of nitrogens with zero attached hydrogens (tertiary/aromatic N) is 1. The first-order valence-corrected chi connectivity index (χ1v) is 7.67. The van der Waals surface area contributed by atoms with E-state index in [1.165, 1.54) is 22.0 Å². The van der Waals surface area contributed by atoms with Crippen LogP contribution in [0.5, 0.6) is 0 Å². The second kappa shape index (κ2) is 6.33. The Morgan fingerprint density at radius 3 is 2.57 bits per heavy atom. The zero-order chi connectivity index (χ0) is 14.7. The molecule has 0 spiro atoms. The highest BCUT2D eigenvalue weighted by Crippen LogP contribution is 2.25. The van der Waals surface area contributed by atoms with Gasteiger partial charge >= 0.3 is 0 Å². The predicted molar refractivity (Wildman–Crippen MR) is 89.9 cm³/mol. The Hall–Kier alpha value is -1.77. The van der Waals surface area contributed by atoms with Gasteiger partial charge in [-0.1, -0.05) is 48.0 Å². The van der Waals surface area contributed by atoms with Gasteiger partial charge in [-0.15, -0.1) is 0 Å². The molecule has 3 rings (SSSR count). The third kappa shape index (κ3) is 3.12. The van der Waals surface area contributed by atoms with Crippen LogP contribution < -0.4 is 5.73 Å². The molecule has 0 saturated heterocycles. The topological polar surface area (TPSA) is 30.9 Å². The van der Waals surface area contributed by atoms with Crippen molar-refractivity contribution in [3.05, 3.63) is 70.9 Å². The quantitative estimate of drug-likeness (QED) is 0.757. The van der Waals surface area contributed by atoms with E-state index < -0.39 is 0 Å². The highest BCUT2D eigenvalue weighted by atomic mass is 35.5. The molecule has 0 atom stereocenters. The fourth-order valence-electron chi connectivity index (χ4n) is 2.78. The van der Waals surface area contributed by atoms with Gasteiger partial charge in [0.25, 0.3) is 0 Å². The largest absolute Gasteiger partial charge is 0.347 e. The Labute approximate surface area is 130 Å². The number of halogens is 1. The van der Waals surface area contributed by atoms with Crippen LogP contribution in [-0.4, -0.2) is 11.1 Å². The van der Waals surface area contributed by atoms with E-state index >= 15 is 0 Å². The third-order valence-electron chi connectivity index (χ3n) is 3.82. The Morgan fingerprint density at radius 1 is 1.00 bits per heavy atom. The lowest BCUT2D eigenvalue weighted by atomic mass is 10.1. The number of hydrogen-bond donors (Lipinski definition) is 1. The molecule has 1 aromatic heterocycles. The molecule has 2 nitrogen and oxygen atoms in total. The number of aryl methyl sites for hydroxylation is 2. The second-order valence-corrected chi connectivity index (χ2v) is 5.72. The first-order valence-electron chi connectivity index (χ1n) is 7.29.